The summed E-state index contributed by atoms with van der Waals surface area (Å²) in [5.41, 5.74) is 1.84. The number of hydrogen-bond donors (Lipinski definition) is 0. The first-order valence-corrected chi connectivity index (χ1v) is 27.1. The normalized spacial score (nSPS) is 17.7. The fourth-order valence-corrected chi connectivity index (χ4v) is 25.5. The number of hydrogen-bond acceptors (Lipinski definition) is 0. The molecule has 0 bridgehead atoms. The summed E-state index contributed by atoms with van der Waals surface area (Å²) in [6, 6.07) is 0. The van der Waals surface area contributed by atoms with E-state index in [1.807, 2.05) is 0 Å². The van der Waals surface area contributed by atoms with Gasteiger partial charge < -0.3 is 0 Å². The summed E-state index contributed by atoms with van der Waals surface area (Å²) in [6.45, 7) is 64.6. The molecule has 0 aliphatic rings. The summed E-state index contributed by atoms with van der Waals surface area (Å²) in [5, 5.41) is 0. The van der Waals surface area contributed by atoms with Gasteiger partial charge in [0.05, 0.1) is 0 Å². The predicted molar refractivity (Wildman–Crippen MR) is 252 cm³/mol. The summed E-state index contributed by atoms with van der Waals surface area (Å²) in [7, 11) is 0. The Morgan fingerprint density at radius 2 is 0.418 bits per heavy atom. The topological polar surface area (TPSA) is 0 Å². The second kappa shape index (κ2) is 21.9. The molecule has 0 aromatic rings. The molecule has 0 aliphatic heterocycles. The second-order valence-corrected chi connectivity index (χ2v) is 25.9. The third kappa shape index (κ3) is 9.40. The van der Waals surface area contributed by atoms with E-state index in [4.69, 9.17) is 0 Å². The zero-order valence-electron chi connectivity index (χ0n) is 43.4. The molecule has 0 saturated heterocycles. The fourth-order valence-electron chi connectivity index (χ4n) is 13.9. The van der Waals surface area contributed by atoms with Gasteiger partial charge >= 0.3 is 359 Å². The molecular weight excluding hydrogens is 701 g/mol. The van der Waals surface area contributed by atoms with Crippen LogP contribution < -0.4 is 0 Å². The van der Waals surface area contributed by atoms with Crippen LogP contribution in [0.3, 0.4) is 0 Å². The molecule has 0 rings (SSSR count). The van der Waals surface area contributed by atoms with E-state index >= 15 is 0 Å². The standard InChI is InChI=1S/3C18H37.Cr/c3*1-9-17(8,10-2)14-16(15(6)7)18(11-3,12-4)13-5;/h3*15H,9-14H2,1-8H3;. The summed E-state index contributed by atoms with van der Waals surface area (Å²) < 4.78 is 0.794. The Balaban J connectivity index is 10.9. The predicted octanol–water partition coefficient (Wildman–Crippen LogP) is 20.3. The van der Waals surface area contributed by atoms with Gasteiger partial charge in [-0.05, 0) is 0 Å². The molecule has 0 nitrogen and oxygen atoms in total. The van der Waals surface area contributed by atoms with Gasteiger partial charge in [0.15, 0.2) is 0 Å². The van der Waals surface area contributed by atoms with Crippen LogP contribution in [0.4, 0.5) is 0 Å². The van der Waals surface area contributed by atoms with Crippen molar-refractivity contribution in [1.29, 1.82) is 0 Å². The maximum atomic E-state index is 2.81. The van der Waals surface area contributed by atoms with E-state index in [0.717, 1.165) is 0 Å². The Labute approximate surface area is 357 Å². The zero-order chi connectivity index (χ0) is 43.5. The van der Waals surface area contributed by atoms with Gasteiger partial charge in [-0.2, -0.15) is 0 Å². The van der Waals surface area contributed by atoms with E-state index in [1.165, 1.54) is 116 Å². The first kappa shape index (κ1) is 55.5. The van der Waals surface area contributed by atoms with Crippen molar-refractivity contribution >= 4 is 0 Å². The van der Waals surface area contributed by atoms with E-state index in [-0.39, 0.29) is 12.8 Å². The van der Waals surface area contributed by atoms with Gasteiger partial charge in [0.2, 0.25) is 0 Å². The van der Waals surface area contributed by atoms with Gasteiger partial charge in [-0.25, -0.2) is 0 Å². The van der Waals surface area contributed by atoms with Gasteiger partial charge in [-0.3, -0.25) is 0 Å². The molecule has 0 spiro atoms. The average Bonchev–Trinajstić information content (AvgIpc) is 3.19. The molecule has 0 saturated carbocycles. The molecule has 0 heterocycles. The molecule has 333 valence electrons. The van der Waals surface area contributed by atoms with Gasteiger partial charge in [-0.15, -0.1) is 0 Å². The Morgan fingerprint density at radius 1 is 0.273 bits per heavy atom. The summed E-state index contributed by atoms with van der Waals surface area (Å²) in [4.78, 5) is 0. The fraction of sp³-hybridized carbons (Fsp3) is 1.00. The van der Waals surface area contributed by atoms with Crippen LogP contribution >= 0.6 is 0 Å². The molecule has 0 aromatic heterocycles. The molecule has 0 fully saturated rings. The van der Waals surface area contributed by atoms with Crippen molar-refractivity contribution in [2.45, 2.75) is 295 Å². The zero-order valence-corrected chi connectivity index (χ0v) is 44.6. The molecule has 1 heteroatoms. The molecule has 0 aromatic carbocycles. The van der Waals surface area contributed by atoms with Crippen LogP contribution in [0.15, 0.2) is 0 Å². The SMILES string of the molecule is CCC(C)(CC)C[C](C(C)C)([Cr]([C](CC(C)(CC)CC)(C(C)C)C(CC)(CC)CC)[C](CC(C)(CC)CC)(C(C)C)C(CC)(CC)CC)C(CC)(CC)CC. The van der Waals surface area contributed by atoms with E-state index < -0.39 is 14.1 Å². The Bertz CT molecular complexity index is 881. The maximum absolute atomic E-state index is 2.81. The quantitative estimate of drug-likeness (QED) is 0.0678. The van der Waals surface area contributed by atoms with Crippen molar-refractivity contribution in [2.24, 2.45) is 50.2 Å². The van der Waals surface area contributed by atoms with E-state index in [1.54, 1.807) is 0 Å². The summed E-state index contributed by atoms with van der Waals surface area (Å²) in [6.07, 6.45) is 23.8. The van der Waals surface area contributed by atoms with Crippen molar-refractivity contribution in [3.63, 3.8) is 0 Å². The minimum atomic E-state index is -1.81. The van der Waals surface area contributed by atoms with Crippen LogP contribution in [0, 0.1) is 50.2 Å². The van der Waals surface area contributed by atoms with Crippen LogP contribution in [0.5, 0.6) is 0 Å². The van der Waals surface area contributed by atoms with Crippen LogP contribution in [0.2, 0.25) is 12.8 Å². The minimum absolute atomic E-state index is 0.265. The molecule has 0 N–H and O–H groups in total. The second-order valence-electron chi connectivity index (χ2n) is 21.5. The number of rotatable bonds is 30. The van der Waals surface area contributed by atoms with E-state index in [9.17, 15) is 0 Å². The molecular formula is C54H111Cr. The van der Waals surface area contributed by atoms with Crippen molar-refractivity contribution in [3.05, 3.63) is 0 Å². The summed E-state index contributed by atoms with van der Waals surface area (Å²) in [5.74, 6) is 1.88. The van der Waals surface area contributed by atoms with Crippen LogP contribution in [0.25, 0.3) is 0 Å². The molecule has 0 amide bonds. The van der Waals surface area contributed by atoms with E-state index in [2.05, 4.69) is 166 Å². The van der Waals surface area contributed by atoms with Crippen molar-refractivity contribution in [2.75, 3.05) is 0 Å². The van der Waals surface area contributed by atoms with Crippen molar-refractivity contribution in [1.82, 2.24) is 0 Å². The van der Waals surface area contributed by atoms with E-state index in [0.29, 0.717) is 50.2 Å². The first-order chi connectivity index (χ1) is 25.5. The van der Waals surface area contributed by atoms with Gasteiger partial charge in [0, 0.05) is 0 Å². The molecule has 0 radical (unpaired) electrons. The monoisotopic (exact) mass is 812 g/mol. The first-order valence-electron chi connectivity index (χ1n) is 25.2. The molecule has 3 atom stereocenters. The molecule has 55 heavy (non-hydrogen) atoms. The summed E-state index contributed by atoms with van der Waals surface area (Å²) >= 11 is -1.81. The van der Waals surface area contributed by atoms with Crippen molar-refractivity contribution < 1.29 is 14.1 Å². The third-order valence-corrected chi connectivity index (χ3v) is 28.2. The van der Waals surface area contributed by atoms with Gasteiger partial charge in [0.1, 0.15) is 0 Å². The van der Waals surface area contributed by atoms with Crippen LogP contribution in [0.1, 0.15) is 282 Å². The average molecular weight is 812 g/mol. The molecule has 0 aliphatic carbocycles. The van der Waals surface area contributed by atoms with Gasteiger partial charge in [0.25, 0.3) is 0 Å². The van der Waals surface area contributed by atoms with Gasteiger partial charge in [-0.1, -0.05) is 0 Å². The Morgan fingerprint density at radius 3 is 0.509 bits per heavy atom. The Kier molecular flexibility index (Phi) is 22.1. The van der Waals surface area contributed by atoms with Crippen LogP contribution in [-0.2, 0) is 14.1 Å². The third-order valence-electron chi connectivity index (χ3n) is 19.9. The Hall–Kier alpha value is 0.532. The molecule has 3 unspecified atom stereocenters. The van der Waals surface area contributed by atoms with Crippen molar-refractivity contribution in [3.8, 4) is 0 Å². The van der Waals surface area contributed by atoms with Crippen LogP contribution in [-0.4, -0.2) is 0 Å².